The normalized spacial score (nSPS) is 14.2. The van der Waals surface area contributed by atoms with Gasteiger partial charge in [-0.2, -0.15) is 0 Å². The Labute approximate surface area is 194 Å². The molecule has 0 saturated heterocycles. The van der Waals surface area contributed by atoms with Gasteiger partial charge in [-0.15, -0.1) is 0 Å². The minimum atomic E-state index is 0.0304. The van der Waals surface area contributed by atoms with Gasteiger partial charge in [0.1, 0.15) is 0 Å². The van der Waals surface area contributed by atoms with Crippen LogP contribution in [-0.2, 0) is 9.53 Å². The molecule has 0 aliphatic heterocycles. The first-order valence-electron chi connectivity index (χ1n) is 14.1. The van der Waals surface area contributed by atoms with Crippen LogP contribution in [0, 0.1) is 5.92 Å². The van der Waals surface area contributed by atoms with Crippen LogP contribution in [0.1, 0.15) is 149 Å². The lowest BCUT2D eigenvalue weighted by molar-refractivity contribution is -0.145. The maximum Gasteiger partial charge on any atom is 0.305 e. The molecular formula is C28H55NO2. The second-order valence-corrected chi connectivity index (χ2v) is 10.1. The van der Waals surface area contributed by atoms with E-state index in [1.54, 1.807) is 0 Å². The van der Waals surface area contributed by atoms with Crippen LogP contribution in [0.2, 0.25) is 0 Å². The van der Waals surface area contributed by atoms with Crippen LogP contribution >= 0.6 is 0 Å². The van der Waals surface area contributed by atoms with Crippen LogP contribution in [0.4, 0.5) is 0 Å². The van der Waals surface area contributed by atoms with Gasteiger partial charge in [-0.05, 0) is 51.0 Å². The molecule has 0 atom stereocenters. The lowest BCUT2D eigenvalue weighted by Crippen LogP contribution is -2.35. The first-order chi connectivity index (χ1) is 15.3. The molecule has 1 fully saturated rings. The summed E-state index contributed by atoms with van der Waals surface area (Å²) in [7, 11) is 0. The fourth-order valence-corrected chi connectivity index (χ4v) is 4.51. The van der Waals surface area contributed by atoms with Crippen molar-refractivity contribution in [1.82, 2.24) is 5.32 Å². The zero-order valence-corrected chi connectivity index (χ0v) is 21.2. The molecular weight excluding hydrogens is 382 g/mol. The van der Waals surface area contributed by atoms with Crippen molar-refractivity contribution in [3.05, 3.63) is 0 Å². The van der Waals surface area contributed by atoms with E-state index >= 15 is 0 Å². The van der Waals surface area contributed by atoms with Crippen molar-refractivity contribution >= 4 is 5.97 Å². The Morgan fingerprint density at radius 1 is 0.774 bits per heavy atom. The number of ether oxygens (including phenoxy) is 1. The summed E-state index contributed by atoms with van der Waals surface area (Å²) in [5.41, 5.74) is 0. The van der Waals surface area contributed by atoms with E-state index in [9.17, 15) is 4.79 Å². The molecule has 0 bridgehead atoms. The number of nitrogens with one attached hydrogen (secondary N) is 1. The molecule has 184 valence electrons. The summed E-state index contributed by atoms with van der Waals surface area (Å²) in [5, 5.41) is 3.60. The topological polar surface area (TPSA) is 38.3 Å². The fraction of sp³-hybridized carbons (Fsp3) is 0.964. The van der Waals surface area contributed by atoms with E-state index in [0.29, 0.717) is 18.9 Å². The van der Waals surface area contributed by atoms with Gasteiger partial charge in [-0.1, -0.05) is 104 Å². The number of rotatable bonds is 23. The lowest BCUT2D eigenvalue weighted by Gasteiger charge is -2.26. The van der Waals surface area contributed by atoms with Crippen LogP contribution in [0.25, 0.3) is 0 Å². The zero-order valence-electron chi connectivity index (χ0n) is 21.2. The van der Waals surface area contributed by atoms with Crippen LogP contribution in [-0.4, -0.2) is 25.2 Å². The predicted molar refractivity (Wildman–Crippen MR) is 135 cm³/mol. The van der Waals surface area contributed by atoms with Gasteiger partial charge >= 0.3 is 5.97 Å². The predicted octanol–water partition coefficient (Wildman–Crippen LogP) is 8.35. The van der Waals surface area contributed by atoms with Crippen LogP contribution < -0.4 is 5.32 Å². The first kappa shape index (κ1) is 28.5. The number of unbranched alkanes of at least 4 members (excludes halogenated alkanes) is 12. The molecule has 1 aliphatic rings. The second-order valence-electron chi connectivity index (χ2n) is 10.1. The van der Waals surface area contributed by atoms with Gasteiger partial charge < -0.3 is 10.1 Å². The highest BCUT2D eigenvalue weighted by Gasteiger charge is 2.15. The average Bonchev–Trinajstić information content (AvgIpc) is 2.74. The van der Waals surface area contributed by atoms with Crippen molar-refractivity contribution in [2.24, 2.45) is 5.92 Å². The molecule has 0 aromatic rings. The minimum Gasteiger partial charge on any atom is -0.465 e. The first-order valence-corrected chi connectivity index (χ1v) is 14.1. The number of hydrogen-bond donors (Lipinski definition) is 1. The summed E-state index contributed by atoms with van der Waals surface area (Å²) >= 11 is 0. The molecule has 1 aliphatic carbocycles. The Kier molecular flexibility index (Phi) is 19.5. The van der Waals surface area contributed by atoms with Gasteiger partial charge in [0.15, 0.2) is 0 Å². The SMILES string of the molecule is CCCCCCCCC(CCCCCCCC)COC(=O)CCCCCNC1CCC1. The maximum absolute atomic E-state index is 12.2. The molecule has 3 heteroatoms. The number of hydrogen-bond acceptors (Lipinski definition) is 3. The van der Waals surface area contributed by atoms with Crippen LogP contribution in [0.15, 0.2) is 0 Å². The fourth-order valence-electron chi connectivity index (χ4n) is 4.51. The average molecular weight is 438 g/mol. The summed E-state index contributed by atoms with van der Waals surface area (Å²) in [6, 6.07) is 0.778. The lowest BCUT2D eigenvalue weighted by atomic mass is 9.93. The van der Waals surface area contributed by atoms with Gasteiger partial charge in [0.2, 0.25) is 0 Å². The highest BCUT2D eigenvalue weighted by molar-refractivity contribution is 5.69. The standard InChI is InChI=1S/C28H55NO2/c1-3-5-7-9-11-14-19-26(20-15-12-10-8-6-4-2)25-31-28(30)23-16-13-17-24-29-27-21-18-22-27/h26-27,29H,3-25H2,1-2H3. The monoisotopic (exact) mass is 437 g/mol. The number of carbonyl (C=O) groups excluding carboxylic acids is 1. The van der Waals surface area contributed by atoms with E-state index in [0.717, 1.165) is 25.4 Å². The van der Waals surface area contributed by atoms with Gasteiger partial charge in [-0.25, -0.2) is 0 Å². The molecule has 1 rings (SSSR count). The van der Waals surface area contributed by atoms with Gasteiger partial charge in [-0.3, -0.25) is 4.79 Å². The molecule has 0 aromatic carbocycles. The molecule has 31 heavy (non-hydrogen) atoms. The van der Waals surface area contributed by atoms with E-state index in [4.69, 9.17) is 4.74 Å². The Morgan fingerprint density at radius 3 is 1.87 bits per heavy atom. The van der Waals surface area contributed by atoms with Crippen molar-refractivity contribution < 1.29 is 9.53 Å². The Morgan fingerprint density at radius 2 is 1.32 bits per heavy atom. The van der Waals surface area contributed by atoms with E-state index in [1.165, 1.54) is 116 Å². The third kappa shape index (κ3) is 17.6. The molecule has 0 unspecified atom stereocenters. The quantitative estimate of drug-likeness (QED) is 0.129. The summed E-state index contributed by atoms with van der Waals surface area (Å²) in [6.07, 6.45) is 26.6. The molecule has 3 nitrogen and oxygen atoms in total. The Bertz CT molecular complexity index is 378. The molecule has 0 spiro atoms. The molecule has 0 heterocycles. The van der Waals surface area contributed by atoms with E-state index in [1.807, 2.05) is 0 Å². The molecule has 1 N–H and O–H groups in total. The second kappa shape index (κ2) is 21.3. The molecule has 0 aromatic heterocycles. The maximum atomic E-state index is 12.2. The van der Waals surface area contributed by atoms with Crippen molar-refractivity contribution in [2.45, 2.75) is 155 Å². The van der Waals surface area contributed by atoms with Crippen molar-refractivity contribution in [3.63, 3.8) is 0 Å². The van der Waals surface area contributed by atoms with Gasteiger partial charge in [0.05, 0.1) is 6.61 Å². The summed E-state index contributed by atoms with van der Waals surface area (Å²) in [5.74, 6) is 0.607. The Balaban J connectivity index is 2.10. The van der Waals surface area contributed by atoms with E-state index < -0.39 is 0 Å². The van der Waals surface area contributed by atoms with Crippen molar-refractivity contribution in [1.29, 1.82) is 0 Å². The minimum absolute atomic E-state index is 0.0304. The summed E-state index contributed by atoms with van der Waals surface area (Å²) < 4.78 is 5.71. The molecule has 1 saturated carbocycles. The third-order valence-electron chi connectivity index (χ3n) is 7.01. The third-order valence-corrected chi connectivity index (χ3v) is 7.01. The van der Waals surface area contributed by atoms with Gasteiger partial charge in [0, 0.05) is 12.5 Å². The Hall–Kier alpha value is -0.570. The summed E-state index contributed by atoms with van der Waals surface area (Å²) in [6.45, 7) is 6.32. The summed E-state index contributed by atoms with van der Waals surface area (Å²) in [4.78, 5) is 12.2. The van der Waals surface area contributed by atoms with Crippen LogP contribution in [0.5, 0.6) is 0 Å². The van der Waals surface area contributed by atoms with E-state index in [-0.39, 0.29) is 5.97 Å². The van der Waals surface area contributed by atoms with Crippen molar-refractivity contribution in [3.8, 4) is 0 Å². The van der Waals surface area contributed by atoms with E-state index in [2.05, 4.69) is 19.2 Å². The van der Waals surface area contributed by atoms with Crippen LogP contribution in [0.3, 0.4) is 0 Å². The molecule has 0 radical (unpaired) electrons. The zero-order chi connectivity index (χ0) is 22.4. The smallest absolute Gasteiger partial charge is 0.305 e. The number of carbonyl (C=O) groups is 1. The van der Waals surface area contributed by atoms with Gasteiger partial charge in [0.25, 0.3) is 0 Å². The molecule has 0 amide bonds. The van der Waals surface area contributed by atoms with Crippen molar-refractivity contribution in [2.75, 3.05) is 13.2 Å². The highest BCUT2D eigenvalue weighted by atomic mass is 16.5. The highest BCUT2D eigenvalue weighted by Crippen LogP contribution is 2.20. The number of esters is 1. The largest absolute Gasteiger partial charge is 0.465 e.